The first kappa shape index (κ1) is 25.5. The molecule has 0 saturated carbocycles. The monoisotopic (exact) mass is 484 g/mol. The number of benzene rings is 2. The van der Waals surface area contributed by atoms with Crippen molar-refractivity contribution in [2.75, 3.05) is 13.2 Å². The lowest BCUT2D eigenvalue weighted by molar-refractivity contribution is -0.178. The van der Waals surface area contributed by atoms with E-state index in [1.54, 1.807) is 0 Å². The fourth-order valence-electron chi connectivity index (χ4n) is 6.07. The smallest absolute Gasteiger partial charge is 0.170 e. The fraction of sp³-hybridized carbons (Fsp3) is 0.586. The first-order chi connectivity index (χ1) is 15.9. The maximum atomic E-state index is 6.43. The largest absolute Gasteiger partial charge is 0.490 e. The highest BCUT2D eigenvalue weighted by molar-refractivity contribution is 7.69. The van der Waals surface area contributed by atoms with Crippen LogP contribution in [0.15, 0.2) is 42.5 Å². The second-order valence-electron chi connectivity index (χ2n) is 11.4. The third kappa shape index (κ3) is 5.01. The Balaban J connectivity index is 1.91. The van der Waals surface area contributed by atoms with Crippen molar-refractivity contribution in [3.63, 3.8) is 0 Å². The standard InChI is InChI=1S/C29H41O4P/c1-20(2)32-23-13-10-9-12-22(23)26-24(33-21(3)4)14-11-15-25(26)34-27(5,6)18-29(19-28(34,7)8)30-16-17-31-29/h9-15,20-21H,16-19H2,1-8H3. The maximum absolute atomic E-state index is 6.43. The lowest BCUT2D eigenvalue weighted by Gasteiger charge is -2.55. The van der Waals surface area contributed by atoms with Crippen LogP contribution in [-0.2, 0) is 9.47 Å². The highest BCUT2D eigenvalue weighted by Crippen LogP contribution is 2.69. The SMILES string of the molecule is CC(C)Oc1ccccc1-c1c(OC(C)C)cccc1P1C(C)(C)CC2(CC1(C)C)OCCO2. The minimum Gasteiger partial charge on any atom is -0.490 e. The van der Waals surface area contributed by atoms with Crippen molar-refractivity contribution in [1.29, 1.82) is 0 Å². The van der Waals surface area contributed by atoms with E-state index in [4.69, 9.17) is 18.9 Å². The number of hydrogen-bond acceptors (Lipinski definition) is 4. The van der Waals surface area contributed by atoms with Gasteiger partial charge in [0.1, 0.15) is 11.5 Å². The first-order valence-corrected chi connectivity index (χ1v) is 13.9. The van der Waals surface area contributed by atoms with Gasteiger partial charge >= 0.3 is 0 Å². The third-order valence-electron chi connectivity index (χ3n) is 6.55. The molecule has 0 amide bonds. The van der Waals surface area contributed by atoms with E-state index in [1.165, 1.54) is 10.9 Å². The number of hydrogen-bond donors (Lipinski definition) is 0. The molecule has 4 nitrogen and oxygen atoms in total. The predicted molar refractivity (Wildman–Crippen MR) is 142 cm³/mol. The van der Waals surface area contributed by atoms with Gasteiger partial charge in [0.25, 0.3) is 0 Å². The fourth-order valence-corrected chi connectivity index (χ4v) is 10.5. The van der Waals surface area contributed by atoms with Gasteiger partial charge in [0, 0.05) is 24.0 Å². The van der Waals surface area contributed by atoms with E-state index in [2.05, 4.69) is 91.8 Å². The predicted octanol–water partition coefficient (Wildman–Crippen LogP) is 7.13. The quantitative estimate of drug-likeness (QED) is 0.409. The van der Waals surface area contributed by atoms with Gasteiger partial charge in [-0.3, -0.25) is 0 Å². The van der Waals surface area contributed by atoms with Gasteiger partial charge in [0.15, 0.2) is 5.79 Å². The molecule has 0 N–H and O–H groups in total. The van der Waals surface area contributed by atoms with E-state index in [-0.39, 0.29) is 22.5 Å². The summed E-state index contributed by atoms with van der Waals surface area (Å²) in [4.78, 5) is 0. The average Bonchev–Trinajstić information content (AvgIpc) is 3.12. The van der Waals surface area contributed by atoms with Crippen molar-refractivity contribution < 1.29 is 18.9 Å². The normalized spacial score (nSPS) is 21.4. The summed E-state index contributed by atoms with van der Waals surface area (Å²) in [6.07, 6.45) is 1.96. The van der Waals surface area contributed by atoms with E-state index in [9.17, 15) is 0 Å². The molecule has 2 heterocycles. The van der Waals surface area contributed by atoms with Crippen LogP contribution in [0, 0.1) is 0 Å². The Bertz CT molecular complexity index is 985. The summed E-state index contributed by atoms with van der Waals surface area (Å²) in [5.41, 5.74) is 2.27. The summed E-state index contributed by atoms with van der Waals surface area (Å²) in [5.74, 6) is 1.37. The van der Waals surface area contributed by atoms with Crippen molar-refractivity contribution in [2.45, 2.75) is 96.5 Å². The van der Waals surface area contributed by atoms with Crippen LogP contribution in [0.5, 0.6) is 11.5 Å². The van der Waals surface area contributed by atoms with Gasteiger partial charge in [0.2, 0.25) is 0 Å². The minimum absolute atomic E-state index is 0.0144. The zero-order chi connectivity index (χ0) is 24.7. The van der Waals surface area contributed by atoms with Gasteiger partial charge in [-0.1, -0.05) is 65.9 Å². The van der Waals surface area contributed by atoms with Crippen LogP contribution in [0.3, 0.4) is 0 Å². The van der Waals surface area contributed by atoms with Crippen LogP contribution < -0.4 is 14.8 Å². The van der Waals surface area contributed by atoms with E-state index in [1.807, 2.05) is 6.07 Å². The molecule has 34 heavy (non-hydrogen) atoms. The highest BCUT2D eigenvalue weighted by atomic mass is 31.1. The molecule has 2 aliphatic heterocycles. The Hall–Kier alpha value is -1.61. The molecular formula is C29H41O4P. The van der Waals surface area contributed by atoms with Crippen molar-refractivity contribution in [1.82, 2.24) is 0 Å². The zero-order valence-electron chi connectivity index (χ0n) is 22.1. The van der Waals surface area contributed by atoms with Gasteiger partial charge in [-0.25, -0.2) is 0 Å². The van der Waals surface area contributed by atoms with Gasteiger partial charge in [0.05, 0.1) is 25.4 Å². The summed E-state index contributed by atoms with van der Waals surface area (Å²) >= 11 is 0. The number of rotatable bonds is 6. The molecule has 186 valence electrons. The summed E-state index contributed by atoms with van der Waals surface area (Å²) < 4.78 is 25.2. The Labute approximate surface area is 207 Å². The molecular weight excluding hydrogens is 443 g/mol. The molecule has 5 heteroatoms. The molecule has 0 radical (unpaired) electrons. The van der Waals surface area contributed by atoms with Crippen molar-refractivity contribution in [3.05, 3.63) is 42.5 Å². The summed E-state index contributed by atoms with van der Waals surface area (Å²) in [6.45, 7) is 19.3. The molecule has 0 atom stereocenters. The third-order valence-corrected chi connectivity index (χ3v) is 10.1. The van der Waals surface area contributed by atoms with Crippen LogP contribution >= 0.6 is 7.92 Å². The van der Waals surface area contributed by atoms with E-state index >= 15 is 0 Å². The molecule has 0 aliphatic carbocycles. The summed E-state index contributed by atoms with van der Waals surface area (Å²) in [7, 11) is -0.609. The van der Waals surface area contributed by atoms with Crippen LogP contribution in [0.1, 0.15) is 68.2 Å². The van der Waals surface area contributed by atoms with Crippen molar-refractivity contribution in [2.24, 2.45) is 0 Å². The topological polar surface area (TPSA) is 36.9 Å². The van der Waals surface area contributed by atoms with E-state index in [0.29, 0.717) is 13.2 Å². The molecule has 0 bridgehead atoms. The average molecular weight is 485 g/mol. The molecule has 0 unspecified atom stereocenters. The molecule has 2 fully saturated rings. The molecule has 4 rings (SSSR count). The zero-order valence-corrected chi connectivity index (χ0v) is 23.0. The second-order valence-corrected chi connectivity index (χ2v) is 15.0. The van der Waals surface area contributed by atoms with E-state index in [0.717, 1.165) is 29.9 Å². The number of para-hydroxylation sites is 1. The highest BCUT2D eigenvalue weighted by Gasteiger charge is 2.57. The lowest BCUT2D eigenvalue weighted by Crippen LogP contribution is -2.52. The Morgan fingerprint density at radius 3 is 1.85 bits per heavy atom. The van der Waals surface area contributed by atoms with Gasteiger partial charge in [-0.05, 0) is 55.4 Å². The summed E-state index contributed by atoms with van der Waals surface area (Å²) in [5, 5.41) is 1.40. The van der Waals surface area contributed by atoms with Crippen molar-refractivity contribution in [3.8, 4) is 22.6 Å². The van der Waals surface area contributed by atoms with Crippen LogP contribution in [0.25, 0.3) is 11.1 Å². The first-order valence-electron chi connectivity index (χ1n) is 12.6. The summed E-state index contributed by atoms with van der Waals surface area (Å²) in [6, 6.07) is 15.0. The Morgan fingerprint density at radius 2 is 1.26 bits per heavy atom. The second kappa shape index (κ2) is 9.45. The molecule has 0 aromatic heterocycles. The lowest BCUT2D eigenvalue weighted by atomic mass is 9.91. The van der Waals surface area contributed by atoms with Gasteiger partial charge in [-0.15, -0.1) is 0 Å². The van der Waals surface area contributed by atoms with Crippen LogP contribution in [0.2, 0.25) is 0 Å². The van der Waals surface area contributed by atoms with Gasteiger partial charge in [-0.2, -0.15) is 0 Å². The maximum Gasteiger partial charge on any atom is 0.170 e. The molecule has 2 aliphatic rings. The molecule has 1 spiro atoms. The number of ether oxygens (including phenoxy) is 4. The molecule has 2 aromatic rings. The van der Waals surface area contributed by atoms with E-state index < -0.39 is 13.7 Å². The Kier molecular flexibility index (Phi) is 7.08. The minimum atomic E-state index is -0.609. The molecule has 2 saturated heterocycles. The van der Waals surface area contributed by atoms with Crippen LogP contribution in [-0.4, -0.2) is 41.5 Å². The van der Waals surface area contributed by atoms with Crippen LogP contribution in [0.4, 0.5) is 0 Å². The van der Waals surface area contributed by atoms with Gasteiger partial charge < -0.3 is 18.9 Å². The van der Waals surface area contributed by atoms with Crippen molar-refractivity contribution >= 4 is 13.2 Å². The Morgan fingerprint density at radius 1 is 0.735 bits per heavy atom. The molecule has 2 aromatic carbocycles.